The van der Waals surface area contributed by atoms with Crippen molar-refractivity contribution in [2.45, 2.75) is 13.5 Å². The van der Waals surface area contributed by atoms with Crippen LogP contribution in [0, 0.1) is 10.1 Å². The first-order valence-corrected chi connectivity index (χ1v) is 6.26. The number of aromatic nitrogens is 2. The SMILES string of the molecule is CCNc1ncnc(Oc2cccc(CO)c2)c1[N+](=O)[O-]. The molecule has 0 aliphatic carbocycles. The minimum Gasteiger partial charge on any atom is -0.434 e. The summed E-state index contributed by atoms with van der Waals surface area (Å²) in [5, 5.41) is 23.1. The average molecular weight is 290 g/mol. The van der Waals surface area contributed by atoms with Crippen LogP contribution in [0.5, 0.6) is 11.6 Å². The van der Waals surface area contributed by atoms with Crippen LogP contribution in [0.3, 0.4) is 0 Å². The topological polar surface area (TPSA) is 110 Å². The lowest BCUT2D eigenvalue weighted by molar-refractivity contribution is -0.385. The molecule has 2 aromatic rings. The maximum Gasteiger partial charge on any atom is 0.373 e. The molecule has 2 rings (SSSR count). The Morgan fingerprint density at radius 3 is 2.90 bits per heavy atom. The molecule has 0 amide bonds. The van der Waals surface area contributed by atoms with Gasteiger partial charge in [-0.3, -0.25) is 10.1 Å². The summed E-state index contributed by atoms with van der Waals surface area (Å²) in [6.07, 6.45) is 1.19. The number of nitro groups is 1. The second-order valence-electron chi connectivity index (χ2n) is 4.07. The lowest BCUT2D eigenvalue weighted by atomic mass is 10.2. The van der Waals surface area contributed by atoms with Crippen LogP contribution in [0.25, 0.3) is 0 Å². The third-order valence-corrected chi connectivity index (χ3v) is 2.61. The van der Waals surface area contributed by atoms with Crippen molar-refractivity contribution in [3.8, 4) is 11.6 Å². The molecule has 0 atom stereocenters. The maximum absolute atomic E-state index is 11.2. The molecule has 0 radical (unpaired) electrons. The molecule has 8 nitrogen and oxygen atoms in total. The van der Waals surface area contributed by atoms with Gasteiger partial charge in [-0.15, -0.1) is 0 Å². The molecule has 21 heavy (non-hydrogen) atoms. The number of nitrogens with one attached hydrogen (secondary N) is 1. The fourth-order valence-corrected chi connectivity index (χ4v) is 1.72. The monoisotopic (exact) mass is 290 g/mol. The highest BCUT2D eigenvalue weighted by Gasteiger charge is 2.24. The van der Waals surface area contributed by atoms with Crippen LogP contribution in [0.15, 0.2) is 30.6 Å². The molecule has 0 saturated heterocycles. The van der Waals surface area contributed by atoms with Crippen LogP contribution in [0.2, 0.25) is 0 Å². The van der Waals surface area contributed by atoms with Crippen LogP contribution >= 0.6 is 0 Å². The summed E-state index contributed by atoms with van der Waals surface area (Å²) in [5.74, 6) is 0.303. The Bertz CT molecular complexity index is 648. The molecule has 110 valence electrons. The molecule has 8 heteroatoms. The van der Waals surface area contributed by atoms with Crippen molar-refractivity contribution < 1.29 is 14.8 Å². The van der Waals surface area contributed by atoms with Crippen LogP contribution in [0.4, 0.5) is 11.5 Å². The van der Waals surface area contributed by atoms with Gasteiger partial charge in [0.15, 0.2) is 0 Å². The number of hydrogen-bond donors (Lipinski definition) is 2. The number of benzene rings is 1. The van der Waals surface area contributed by atoms with E-state index in [0.717, 1.165) is 0 Å². The van der Waals surface area contributed by atoms with Gasteiger partial charge in [-0.2, -0.15) is 4.98 Å². The summed E-state index contributed by atoms with van der Waals surface area (Å²) in [6, 6.07) is 6.60. The van der Waals surface area contributed by atoms with Gasteiger partial charge in [-0.05, 0) is 24.6 Å². The number of nitrogens with zero attached hydrogens (tertiary/aromatic N) is 3. The zero-order valence-corrected chi connectivity index (χ0v) is 11.3. The molecule has 0 aliphatic heterocycles. The van der Waals surface area contributed by atoms with Crippen LogP contribution < -0.4 is 10.1 Å². The first-order valence-electron chi connectivity index (χ1n) is 6.26. The second kappa shape index (κ2) is 6.62. The quantitative estimate of drug-likeness (QED) is 0.619. The molecule has 2 N–H and O–H groups in total. The van der Waals surface area contributed by atoms with E-state index >= 15 is 0 Å². The van der Waals surface area contributed by atoms with E-state index in [4.69, 9.17) is 9.84 Å². The number of ether oxygens (including phenoxy) is 1. The van der Waals surface area contributed by atoms with Gasteiger partial charge in [0.1, 0.15) is 12.1 Å². The Labute approximate surface area is 120 Å². The number of aliphatic hydroxyl groups excluding tert-OH is 1. The predicted octanol–water partition coefficient (Wildman–Crippen LogP) is 2.10. The van der Waals surface area contributed by atoms with E-state index < -0.39 is 4.92 Å². The number of rotatable bonds is 6. The summed E-state index contributed by atoms with van der Waals surface area (Å²) >= 11 is 0. The molecular formula is C13H14N4O4. The van der Waals surface area contributed by atoms with E-state index in [-0.39, 0.29) is 24.0 Å². The summed E-state index contributed by atoms with van der Waals surface area (Å²) < 4.78 is 5.46. The van der Waals surface area contributed by atoms with E-state index in [2.05, 4.69) is 15.3 Å². The fraction of sp³-hybridized carbons (Fsp3) is 0.231. The Balaban J connectivity index is 2.38. The average Bonchev–Trinajstić information content (AvgIpc) is 2.47. The summed E-state index contributed by atoms with van der Waals surface area (Å²) in [4.78, 5) is 18.3. The predicted molar refractivity (Wildman–Crippen MR) is 75.3 cm³/mol. The van der Waals surface area contributed by atoms with Gasteiger partial charge in [0, 0.05) is 6.54 Å². The third-order valence-electron chi connectivity index (χ3n) is 2.61. The molecule has 0 unspecified atom stereocenters. The van der Waals surface area contributed by atoms with Gasteiger partial charge in [0.2, 0.25) is 5.82 Å². The van der Waals surface area contributed by atoms with Crippen LogP contribution in [-0.4, -0.2) is 26.5 Å². The fourth-order valence-electron chi connectivity index (χ4n) is 1.72. The van der Waals surface area contributed by atoms with Crippen molar-refractivity contribution >= 4 is 11.5 Å². The molecule has 0 aliphatic rings. The van der Waals surface area contributed by atoms with Crippen molar-refractivity contribution in [2.24, 2.45) is 0 Å². The lowest BCUT2D eigenvalue weighted by Crippen LogP contribution is -2.06. The molecule has 1 aromatic carbocycles. The number of aliphatic hydroxyl groups is 1. The first kappa shape index (κ1) is 14.7. The van der Waals surface area contributed by atoms with Crippen molar-refractivity contribution in [3.05, 3.63) is 46.3 Å². The highest BCUT2D eigenvalue weighted by molar-refractivity contribution is 5.61. The van der Waals surface area contributed by atoms with E-state index in [9.17, 15) is 10.1 Å². The third kappa shape index (κ3) is 3.42. The molecule has 0 bridgehead atoms. The molecule has 0 spiro atoms. The van der Waals surface area contributed by atoms with Gasteiger partial charge < -0.3 is 15.2 Å². The Morgan fingerprint density at radius 2 is 2.24 bits per heavy atom. The maximum atomic E-state index is 11.2. The smallest absolute Gasteiger partial charge is 0.373 e. The number of anilines is 1. The number of hydrogen-bond acceptors (Lipinski definition) is 7. The minimum atomic E-state index is -0.594. The minimum absolute atomic E-state index is 0.103. The zero-order chi connectivity index (χ0) is 15.2. The molecule has 1 aromatic heterocycles. The second-order valence-corrected chi connectivity index (χ2v) is 4.07. The van der Waals surface area contributed by atoms with Crippen LogP contribution in [0.1, 0.15) is 12.5 Å². The van der Waals surface area contributed by atoms with E-state index in [1.54, 1.807) is 31.2 Å². The Kier molecular flexibility index (Phi) is 4.62. The zero-order valence-electron chi connectivity index (χ0n) is 11.3. The van der Waals surface area contributed by atoms with Gasteiger partial charge in [0.05, 0.1) is 11.5 Å². The van der Waals surface area contributed by atoms with Gasteiger partial charge >= 0.3 is 11.6 Å². The summed E-state index contributed by atoms with van der Waals surface area (Å²) in [7, 11) is 0. The van der Waals surface area contributed by atoms with Crippen molar-refractivity contribution in [1.82, 2.24) is 9.97 Å². The lowest BCUT2D eigenvalue weighted by Gasteiger charge is -2.08. The van der Waals surface area contributed by atoms with Crippen molar-refractivity contribution in [3.63, 3.8) is 0 Å². The van der Waals surface area contributed by atoms with E-state index in [0.29, 0.717) is 17.9 Å². The normalized spacial score (nSPS) is 10.2. The van der Waals surface area contributed by atoms with Gasteiger partial charge in [-0.1, -0.05) is 12.1 Å². The van der Waals surface area contributed by atoms with Gasteiger partial charge in [-0.25, -0.2) is 4.98 Å². The highest BCUT2D eigenvalue weighted by atomic mass is 16.6. The summed E-state index contributed by atoms with van der Waals surface area (Å²) in [6.45, 7) is 2.14. The van der Waals surface area contributed by atoms with Gasteiger partial charge in [0.25, 0.3) is 0 Å². The van der Waals surface area contributed by atoms with Crippen molar-refractivity contribution in [1.29, 1.82) is 0 Å². The van der Waals surface area contributed by atoms with Crippen molar-refractivity contribution in [2.75, 3.05) is 11.9 Å². The first-order chi connectivity index (χ1) is 10.2. The van der Waals surface area contributed by atoms with Crippen LogP contribution in [-0.2, 0) is 6.61 Å². The summed E-state index contributed by atoms with van der Waals surface area (Å²) in [5.41, 5.74) is 0.310. The molecule has 1 heterocycles. The molecule has 0 saturated carbocycles. The van der Waals surface area contributed by atoms with E-state index in [1.807, 2.05) is 0 Å². The Morgan fingerprint density at radius 1 is 1.43 bits per heavy atom. The Hall–Kier alpha value is -2.74. The van der Waals surface area contributed by atoms with E-state index in [1.165, 1.54) is 6.33 Å². The highest BCUT2D eigenvalue weighted by Crippen LogP contribution is 2.33. The molecule has 0 fully saturated rings. The largest absolute Gasteiger partial charge is 0.434 e. The standard InChI is InChI=1S/C13H14N4O4/c1-2-14-12-11(17(19)20)13(16-8-15-12)21-10-5-3-4-9(6-10)7-18/h3-6,8,18H,2,7H2,1H3,(H,14,15,16). The molecular weight excluding hydrogens is 276 g/mol.